The third-order valence-electron chi connectivity index (χ3n) is 3.48. The molecule has 5 nitrogen and oxygen atoms in total. The molecule has 0 radical (unpaired) electrons. The second-order valence-electron chi connectivity index (χ2n) is 5.28. The van der Waals surface area contributed by atoms with Gasteiger partial charge in [0.1, 0.15) is 0 Å². The van der Waals surface area contributed by atoms with E-state index in [4.69, 9.17) is 5.11 Å². The zero-order chi connectivity index (χ0) is 15.4. The number of alkyl halides is 3. The number of halogens is 3. The smallest absolute Gasteiger partial charge is 0.389 e. The van der Waals surface area contributed by atoms with Crippen LogP contribution in [0.4, 0.5) is 13.2 Å². The SMILES string of the molecule is O=C(O)CC1(CNS(=O)(=O)CCCC(F)(F)F)CCC1. The topological polar surface area (TPSA) is 83.5 Å². The normalized spacial score (nSPS) is 18.6. The Balaban J connectivity index is 2.40. The molecule has 1 aliphatic rings. The molecule has 0 saturated heterocycles. The maximum absolute atomic E-state index is 11.9. The number of carbonyl (C=O) groups is 1. The Kier molecular flexibility index (Phi) is 5.42. The monoisotopic (exact) mass is 317 g/mol. The van der Waals surface area contributed by atoms with Crippen molar-refractivity contribution >= 4 is 16.0 Å². The first-order valence-corrected chi connectivity index (χ1v) is 7.95. The fourth-order valence-corrected chi connectivity index (χ4v) is 3.41. The molecule has 0 atom stereocenters. The van der Waals surface area contributed by atoms with E-state index in [0.29, 0.717) is 12.8 Å². The van der Waals surface area contributed by atoms with Crippen LogP contribution < -0.4 is 4.72 Å². The molecular weight excluding hydrogens is 299 g/mol. The van der Waals surface area contributed by atoms with Crippen LogP contribution in [0.3, 0.4) is 0 Å². The third-order valence-corrected chi connectivity index (χ3v) is 4.89. The molecule has 0 aromatic heterocycles. The lowest BCUT2D eigenvalue weighted by atomic mass is 9.67. The summed E-state index contributed by atoms with van der Waals surface area (Å²) >= 11 is 0. The average Bonchev–Trinajstić information content (AvgIpc) is 2.19. The van der Waals surface area contributed by atoms with Gasteiger partial charge in [-0.1, -0.05) is 6.42 Å². The number of carboxylic acid groups (broad SMARTS) is 1. The Morgan fingerprint density at radius 2 is 1.90 bits per heavy atom. The van der Waals surface area contributed by atoms with Gasteiger partial charge in [0.2, 0.25) is 10.0 Å². The first kappa shape index (κ1) is 17.2. The van der Waals surface area contributed by atoms with Crippen molar-refractivity contribution in [3.63, 3.8) is 0 Å². The van der Waals surface area contributed by atoms with Gasteiger partial charge in [0.15, 0.2) is 0 Å². The van der Waals surface area contributed by atoms with Gasteiger partial charge in [0.25, 0.3) is 0 Å². The lowest BCUT2D eigenvalue weighted by molar-refractivity contribution is -0.141. The van der Waals surface area contributed by atoms with Crippen LogP contribution >= 0.6 is 0 Å². The summed E-state index contributed by atoms with van der Waals surface area (Å²) in [4.78, 5) is 10.7. The van der Waals surface area contributed by atoms with Gasteiger partial charge >= 0.3 is 12.1 Å². The van der Waals surface area contributed by atoms with Crippen LogP contribution in [0.15, 0.2) is 0 Å². The Morgan fingerprint density at radius 3 is 2.30 bits per heavy atom. The molecule has 20 heavy (non-hydrogen) atoms. The first-order chi connectivity index (χ1) is 9.04. The Bertz CT molecular complexity index is 443. The first-order valence-electron chi connectivity index (χ1n) is 6.30. The number of sulfonamides is 1. The highest BCUT2D eigenvalue weighted by atomic mass is 32.2. The molecular formula is C11H18F3NO4S. The molecule has 1 rings (SSSR count). The summed E-state index contributed by atoms with van der Waals surface area (Å²) < 4.78 is 61.2. The average molecular weight is 317 g/mol. The van der Waals surface area contributed by atoms with Gasteiger partial charge in [0, 0.05) is 13.0 Å². The van der Waals surface area contributed by atoms with Gasteiger partial charge in [-0.3, -0.25) is 4.79 Å². The number of hydrogen-bond acceptors (Lipinski definition) is 3. The molecule has 118 valence electrons. The standard InChI is InChI=1S/C11H18F3NO4S/c12-11(13,14)5-2-6-20(18,19)15-8-10(3-1-4-10)7-9(16)17/h15H,1-8H2,(H,16,17). The molecule has 9 heteroatoms. The predicted molar refractivity (Wildman–Crippen MR) is 65.6 cm³/mol. The molecule has 1 aliphatic carbocycles. The summed E-state index contributed by atoms with van der Waals surface area (Å²) in [6, 6.07) is 0. The lowest BCUT2D eigenvalue weighted by Crippen LogP contribution is -2.44. The minimum atomic E-state index is -4.37. The van der Waals surface area contributed by atoms with E-state index in [1.165, 1.54) is 0 Å². The molecule has 0 spiro atoms. The van der Waals surface area contributed by atoms with Crippen LogP contribution in [0.25, 0.3) is 0 Å². The van der Waals surface area contributed by atoms with Crippen LogP contribution in [0.2, 0.25) is 0 Å². The van der Waals surface area contributed by atoms with E-state index in [0.717, 1.165) is 6.42 Å². The number of hydrogen-bond donors (Lipinski definition) is 2. The van der Waals surface area contributed by atoms with E-state index < -0.39 is 46.2 Å². The highest BCUT2D eigenvalue weighted by Gasteiger charge is 2.39. The highest BCUT2D eigenvalue weighted by Crippen LogP contribution is 2.43. The Labute approximate surface area is 115 Å². The number of carboxylic acids is 1. The maximum Gasteiger partial charge on any atom is 0.389 e. The quantitative estimate of drug-likeness (QED) is 0.716. The molecule has 0 aromatic rings. The summed E-state index contributed by atoms with van der Waals surface area (Å²) in [5, 5.41) is 8.77. The zero-order valence-electron chi connectivity index (χ0n) is 10.9. The van der Waals surface area contributed by atoms with Crippen LogP contribution in [0.5, 0.6) is 0 Å². The van der Waals surface area contributed by atoms with E-state index in [-0.39, 0.29) is 13.0 Å². The minimum absolute atomic E-state index is 0.0202. The summed E-state index contributed by atoms with van der Waals surface area (Å²) in [6.07, 6.45) is -4.07. The maximum atomic E-state index is 11.9. The molecule has 0 aromatic carbocycles. The zero-order valence-corrected chi connectivity index (χ0v) is 11.7. The second kappa shape index (κ2) is 6.30. The van der Waals surface area contributed by atoms with Crippen LogP contribution in [0.1, 0.15) is 38.5 Å². The summed E-state index contributed by atoms with van der Waals surface area (Å²) in [5.74, 6) is -1.60. The molecule has 0 aliphatic heterocycles. The van der Waals surface area contributed by atoms with Gasteiger partial charge in [-0.15, -0.1) is 0 Å². The number of aliphatic carboxylic acids is 1. The van der Waals surface area contributed by atoms with E-state index in [9.17, 15) is 26.4 Å². The molecule has 0 bridgehead atoms. The Hall–Kier alpha value is -0.830. The van der Waals surface area contributed by atoms with Crippen molar-refractivity contribution in [3.05, 3.63) is 0 Å². The van der Waals surface area contributed by atoms with Gasteiger partial charge in [0.05, 0.1) is 12.2 Å². The van der Waals surface area contributed by atoms with Gasteiger partial charge in [-0.05, 0) is 24.7 Å². The molecule has 2 N–H and O–H groups in total. The van der Waals surface area contributed by atoms with Crippen molar-refractivity contribution in [1.82, 2.24) is 4.72 Å². The molecule has 0 unspecified atom stereocenters. The van der Waals surface area contributed by atoms with Gasteiger partial charge < -0.3 is 5.11 Å². The second-order valence-corrected chi connectivity index (χ2v) is 7.21. The summed E-state index contributed by atoms with van der Waals surface area (Å²) in [7, 11) is -3.79. The van der Waals surface area contributed by atoms with Crippen LogP contribution in [-0.2, 0) is 14.8 Å². The number of nitrogens with one attached hydrogen (secondary N) is 1. The minimum Gasteiger partial charge on any atom is -0.481 e. The molecule has 0 heterocycles. The van der Waals surface area contributed by atoms with E-state index >= 15 is 0 Å². The van der Waals surface area contributed by atoms with Gasteiger partial charge in [-0.25, -0.2) is 13.1 Å². The Morgan fingerprint density at radius 1 is 1.30 bits per heavy atom. The fourth-order valence-electron chi connectivity index (χ4n) is 2.21. The fraction of sp³-hybridized carbons (Fsp3) is 0.909. The van der Waals surface area contributed by atoms with Crippen molar-refractivity contribution in [2.75, 3.05) is 12.3 Å². The van der Waals surface area contributed by atoms with Crippen LogP contribution in [-0.4, -0.2) is 38.0 Å². The van der Waals surface area contributed by atoms with E-state index in [2.05, 4.69) is 4.72 Å². The van der Waals surface area contributed by atoms with E-state index in [1.807, 2.05) is 0 Å². The van der Waals surface area contributed by atoms with Gasteiger partial charge in [-0.2, -0.15) is 13.2 Å². The molecule has 0 amide bonds. The lowest BCUT2D eigenvalue weighted by Gasteiger charge is -2.40. The predicted octanol–water partition coefficient (Wildman–Crippen LogP) is 1.89. The molecule has 1 saturated carbocycles. The third kappa shape index (κ3) is 6.08. The van der Waals surface area contributed by atoms with E-state index in [1.54, 1.807) is 0 Å². The van der Waals surface area contributed by atoms with Crippen molar-refractivity contribution in [2.24, 2.45) is 5.41 Å². The number of rotatable bonds is 8. The van der Waals surface area contributed by atoms with Crippen LogP contribution in [0, 0.1) is 5.41 Å². The largest absolute Gasteiger partial charge is 0.481 e. The van der Waals surface area contributed by atoms with Crippen molar-refractivity contribution < 1.29 is 31.5 Å². The molecule has 1 fully saturated rings. The van der Waals surface area contributed by atoms with Crippen molar-refractivity contribution in [1.29, 1.82) is 0 Å². The summed E-state index contributed by atoms with van der Waals surface area (Å²) in [5.41, 5.74) is -0.580. The summed E-state index contributed by atoms with van der Waals surface area (Å²) in [6.45, 7) is -0.0202. The highest BCUT2D eigenvalue weighted by molar-refractivity contribution is 7.89. The van der Waals surface area contributed by atoms with Crippen molar-refractivity contribution in [2.45, 2.75) is 44.7 Å². The van der Waals surface area contributed by atoms with Crippen molar-refractivity contribution in [3.8, 4) is 0 Å².